The molecule has 13 heteroatoms. The molecule has 1 aromatic heterocycles. The molecule has 0 saturated carbocycles. The summed E-state index contributed by atoms with van der Waals surface area (Å²) in [5.74, 6) is -0.507. The number of hydrogen-bond donors (Lipinski definition) is 2. The van der Waals surface area contributed by atoms with Gasteiger partial charge in [0, 0.05) is 37.2 Å². The van der Waals surface area contributed by atoms with Crippen LogP contribution >= 0.6 is 0 Å². The molecule has 0 aliphatic carbocycles. The molecule has 4 rings (SSSR count). The molecule has 1 amide bonds. The molecular formula is C18H15F6N5O2. The number of amides is 1. The van der Waals surface area contributed by atoms with E-state index in [1.54, 1.807) is 9.80 Å². The third-order valence-corrected chi connectivity index (χ3v) is 5.40. The second-order valence-electron chi connectivity index (χ2n) is 7.32. The summed E-state index contributed by atoms with van der Waals surface area (Å²) >= 11 is 0. The van der Waals surface area contributed by atoms with Gasteiger partial charge in [0.2, 0.25) is 5.95 Å². The minimum absolute atomic E-state index is 0.0286. The zero-order valence-electron chi connectivity index (χ0n) is 15.6. The number of carbonyl (C=O) groups excluding carboxylic acids is 1. The fourth-order valence-electron chi connectivity index (χ4n) is 3.98. The van der Waals surface area contributed by atoms with Crippen LogP contribution in [0, 0.1) is 0 Å². The summed E-state index contributed by atoms with van der Waals surface area (Å²) in [6, 6.07) is 1.05. The monoisotopic (exact) mass is 447 g/mol. The first-order chi connectivity index (χ1) is 14.5. The van der Waals surface area contributed by atoms with E-state index in [2.05, 4.69) is 9.97 Å². The number of nitrogens with zero attached hydrogens (tertiary/aromatic N) is 4. The number of aromatic nitrogens is 2. The quantitative estimate of drug-likeness (QED) is 0.428. The maximum atomic E-state index is 13.2. The molecule has 0 spiro atoms. The van der Waals surface area contributed by atoms with E-state index in [1.165, 1.54) is 17.9 Å². The number of nitrogens with one attached hydrogen (secondary N) is 1. The highest BCUT2D eigenvalue weighted by atomic mass is 19.4. The highest BCUT2D eigenvalue weighted by Gasteiger charge is 2.46. The van der Waals surface area contributed by atoms with E-state index in [4.69, 9.17) is 5.21 Å². The summed E-state index contributed by atoms with van der Waals surface area (Å²) in [6.45, 7) is 0.499. The van der Waals surface area contributed by atoms with Crippen molar-refractivity contribution < 1.29 is 36.3 Å². The Morgan fingerprint density at radius 3 is 1.90 bits per heavy atom. The maximum absolute atomic E-state index is 13.2. The number of hydrogen-bond acceptors (Lipinski definition) is 6. The highest BCUT2D eigenvalue weighted by molar-refractivity contribution is 5.92. The van der Waals surface area contributed by atoms with E-state index in [9.17, 15) is 31.1 Å². The van der Waals surface area contributed by atoms with E-state index < -0.39 is 29.4 Å². The third kappa shape index (κ3) is 3.96. The van der Waals surface area contributed by atoms with E-state index in [-0.39, 0.29) is 41.9 Å². The zero-order valence-corrected chi connectivity index (χ0v) is 15.6. The van der Waals surface area contributed by atoms with Gasteiger partial charge in [0.15, 0.2) is 0 Å². The van der Waals surface area contributed by atoms with Gasteiger partial charge in [-0.25, -0.2) is 15.4 Å². The lowest BCUT2D eigenvalue weighted by Crippen LogP contribution is -2.47. The lowest BCUT2D eigenvalue weighted by atomic mass is 10.1. The van der Waals surface area contributed by atoms with Gasteiger partial charge in [-0.2, -0.15) is 26.3 Å². The van der Waals surface area contributed by atoms with Gasteiger partial charge < -0.3 is 9.80 Å². The molecule has 2 unspecified atom stereocenters. The molecule has 31 heavy (non-hydrogen) atoms. The fourth-order valence-corrected chi connectivity index (χ4v) is 3.98. The summed E-state index contributed by atoms with van der Waals surface area (Å²) in [6.07, 6.45) is -6.88. The maximum Gasteiger partial charge on any atom is 0.416 e. The SMILES string of the molecule is O=C(NO)c1cnc(N2CC3CC2CN3c2cc(C(F)(F)F)cc(C(F)(F)F)c2)nc1. The van der Waals surface area contributed by atoms with Crippen LogP contribution in [0.2, 0.25) is 0 Å². The third-order valence-electron chi connectivity index (χ3n) is 5.40. The van der Waals surface area contributed by atoms with Gasteiger partial charge in [-0.15, -0.1) is 0 Å². The molecule has 2 aromatic rings. The van der Waals surface area contributed by atoms with Crippen LogP contribution in [-0.2, 0) is 12.4 Å². The Labute approximate surface area is 171 Å². The van der Waals surface area contributed by atoms with Gasteiger partial charge in [0.1, 0.15) is 0 Å². The predicted octanol–water partition coefficient (Wildman–Crippen LogP) is 3.10. The topological polar surface area (TPSA) is 81.6 Å². The number of hydroxylamine groups is 1. The largest absolute Gasteiger partial charge is 0.416 e. The van der Waals surface area contributed by atoms with Crippen molar-refractivity contribution in [2.24, 2.45) is 0 Å². The molecule has 166 valence electrons. The number of anilines is 2. The van der Waals surface area contributed by atoms with Crippen LogP contribution in [0.25, 0.3) is 0 Å². The molecule has 2 saturated heterocycles. The van der Waals surface area contributed by atoms with Crippen molar-refractivity contribution in [2.75, 3.05) is 22.9 Å². The lowest BCUT2D eigenvalue weighted by molar-refractivity contribution is -0.143. The van der Waals surface area contributed by atoms with Crippen LogP contribution in [0.4, 0.5) is 38.0 Å². The van der Waals surface area contributed by atoms with E-state index in [0.717, 1.165) is 12.1 Å². The summed E-state index contributed by atoms with van der Waals surface area (Å²) in [7, 11) is 0. The first-order valence-electron chi connectivity index (χ1n) is 9.06. The molecule has 2 atom stereocenters. The second kappa shape index (κ2) is 7.25. The minimum Gasteiger partial charge on any atom is -0.365 e. The molecule has 1 aromatic carbocycles. The van der Waals surface area contributed by atoms with Gasteiger partial charge in [0.05, 0.1) is 22.7 Å². The Balaban J connectivity index is 1.57. The van der Waals surface area contributed by atoms with Gasteiger partial charge in [0.25, 0.3) is 5.91 Å². The van der Waals surface area contributed by atoms with E-state index >= 15 is 0 Å². The number of benzene rings is 1. The van der Waals surface area contributed by atoms with Crippen molar-refractivity contribution >= 4 is 17.5 Å². The summed E-state index contributed by atoms with van der Waals surface area (Å²) in [4.78, 5) is 22.8. The average Bonchev–Trinajstić information content (AvgIpc) is 3.33. The molecule has 2 aliphatic heterocycles. The summed E-state index contributed by atoms with van der Waals surface area (Å²) < 4.78 is 78.9. The number of rotatable bonds is 3. The molecule has 2 fully saturated rings. The molecule has 3 heterocycles. The highest BCUT2D eigenvalue weighted by Crippen LogP contribution is 2.42. The molecular weight excluding hydrogens is 432 g/mol. The van der Waals surface area contributed by atoms with Gasteiger partial charge in [-0.05, 0) is 24.6 Å². The normalized spacial score (nSPS) is 21.0. The Bertz CT molecular complexity index is 962. The van der Waals surface area contributed by atoms with Crippen molar-refractivity contribution in [3.63, 3.8) is 0 Å². The molecule has 2 aliphatic rings. The van der Waals surface area contributed by atoms with Gasteiger partial charge in [-0.1, -0.05) is 0 Å². The minimum atomic E-state index is -4.91. The summed E-state index contributed by atoms with van der Waals surface area (Å²) in [5, 5.41) is 8.62. The van der Waals surface area contributed by atoms with Crippen molar-refractivity contribution in [1.29, 1.82) is 0 Å². The molecule has 0 radical (unpaired) electrons. The first-order valence-corrected chi connectivity index (χ1v) is 9.06. The smallest absolute Gasteiger partial charge is 0.365 e. The van der Waals surface area contributed by atoms with Crippen molar-refractivity contribution in [3.05, 3.63) is 47.3 Å². The molecule has 7 nitrogen and oxygen atoms in total. The molecule has 2 N–H and O–H groups in total. The van der Waals surface area contributed by atoms with Crippen LogP contribution in [0.5, 0.6) is 0 Å². The first kappa shape index (κ1) is 21.2. The van der Waals surface area contributed by atoms with Crippen LogP contribution in [-0.4, -0.2) is 46.3 Å². The van der Waals surface area contributed by atoms with Gasteiger partial charge in [-0.3, -0.25) is 10.0 Å². The van der Waals surface area contributed by atoms with Crippen LogP contribution < -0.4 is 15.3 Å². The Morgan fingerprint density at radius 1 is 0.935 bits per heavy atom. The average molecular weight is 447 g/mol. The van der Waals surface area contributed by atoms with Crippen molar-refractivity contribution in [1.82, 2.24) is 15.4 Å². The van der Waals surface area contributed by atoms with Crippen LogP contribution in [0.1, 0.15) is 27.9 Å². The van der Waals surface area contributed by atoms with Crippen molar-refractivity contribution in [3.8, 4) is 0 Å². The predicted molar refractivity (Wildman–Crippen MR) is 94.6 cm³/mol. The van der Waals surface area contributed by atoms with E-state index in [1.807, 2.05) is 0 Å². The number of alkyl halides is 6. The Morgan fingerprint density at radius 2 is 1.45 bits per heavy atom. The number of piperazine rings is 1. The summed E-state index contributed by atoms with van der Waals surface area (Å²) in [5.41, 5.74) is -1.35. The van der Waals surface area contributed by atoms with Crippen molar-refractivity contribution in [2.45, 2.75) is 30.9 Å². The number of halogens is 6. The second-order valence-corrected chi connectivity index (χ2v) is 7.32. The lowest BCUT2D eigenvalue weighted by Gasteiger charge is -2.36. The standard InChI is InChI=1S/C18H15F6N5O2/c19-17(20,21)10-1-11(18(22,23)24)3-12(2-10)28-7-14-4-13(28)8-29(14)16-25-5-9(6-26-16)15(30)27-31/h1-3,5-6,13-14,31H,4,7-8H2,(H,27,30). The fraction of sp³-hybridized carbons (Fsp3) is 0.389. The number of carbonyl (C=O) groups is 1. The zero-order chi connectivity index (χ0) is 22.6. The Hall–Kier alpha value is -3.09. The van der Waals surface area contributed by atoms with Gasteiger partial charge >= 0.3 is 12.4 Å². The van der Waals surface area contributed by atoms with E-state index in [0.29, 0.717) is 13.0 Å². The van der Waals surface area contributed by atoms with Crippen LogP contribution in [0.15, 0.2) is 30.6 Å². The van der Waals surface area contributed by atoms with Crippen LogP contribution in [0.3, 0.4) is 0 Å². The Kier molecular flexibility index (Phi) is 4.95. The number of fused-ring (bicyclic) bond motifs is 2. The molecule has 2 bridgehead atoms.